The molecule has 13 rings (SSSR count). The standard InChI is InChI=1S/C30H25ClO2.C30H23ClO.CH4/c1-29(2)22-13-14-26-28(21-7-5-6-8-25(21)33-26)27(22)20-11-9-17(15-23(20)29)19-12-10-18(31)16-24(19)30(3,4)32;1-29(2)21-11-12-26-28(18-7-5-6-8-25(18)32-26)27(21)20-15-23-19(14-24(20)29)17-10-9-16(31)13-22(17)30(23,3)4;/h5-16,32H,1-4H3;5-15H,1-4H3;1H4. The number of halogens is 2. The molecular weight excluding hydrogens is 852 g/mol. The summed E-state index contributed by atoms with van der Waals surface area (Å²) in [5, 5.41) is 17.0. The number of para-hydroxylation sites is 2. The molecule has 5 heteroatoms. The Kier molecular flexibility index (Phi) is 9.15. The minimum Gasteiger partial charge on any atom is -0.456 e. The van der Waals surface area contributed by atoms with Crippen LogP contribution in [0.3, 0.4) is 0 Å². The molecule has 0 bridgehead atoms. The third-order valence-electron chi connectivity index (χ3n) is 15.1. The zero-order valence-corrected chi connectivity index (χ0v) is 39.3. The van der Waals surface area contributed by atoms with Crippen molar-refractivity contribution < 1.29 is 13.9 Å². The molecule has 0 unspecified atom stereocenters. The number of fused-ring (bicyclic) bond motifs is 17. The highest BCUT2D eigenvalue weighted by Gasteiger charge is 2.43. The second-order valence-corrected chi connectivity index (χ2v) is 21.3. The van der Waals surface area contributed by atoms with E-state index in [0.29, 0.717) is 5.02 Å². The maximum absolute atomic E-state index is 10.8. The van der Waals surface area contributed by atoms with Crippen LogP contribution in [0.15, 0.2) is 148 Å². The highest BCUT2D eigenvalue weighted by molar-refractivity contribution is 6.31. The molecule has 0 saturated heterocycles. The van der Waals surface area contributed by atoms with Crippen LogP contribution in [0.1, 0.15) is 102 Å². The van der Waals surface area contributed by atoms with Gasteiger partial charge in [0.15, 0.2) is 0 Å². The van der Waals surface area contributed by atoms with Crippen molar-refractivity contribution in [3.8, 4) is 44.5 Å². The largest absolute Gasteiger partial charge is 0.456 e. The van der Waals surface area contributed by atoms with E-state index in [1.165, 1.54) is 82.9 Å². The summed E-state index contributed by atoms with van der Waals surface area (Å²) in [6.07, 6.45) is 0. The van der Waals surface area contributed by atoms with Crippen LogP contribution in [-0.2, 0) is 21.8 Å². The zero-order chi connectivity index (χ0) is 45.1. The fraction of sp³-hybridized carbons (Fsp3) is 0.213. The lowest BCUT2D eigenvalue weighted by atomic mass is 9.79. The van der Waals surface area contributed by atoms with Gasteiger partial charge in [0.05, 0.1) is 5.60 Å². The minimum atomic E-state index is -1.00. The summed E-state index contributed by atoms with van der Waals surface area (Å²) in [6, 6.07) is 49.0. The van der Waals surface area contributed by atoms with Crippen molar-refractivity contribution in [1.82, 2.24) is 0 Å². The predicted octanol–water partition coefficient (Wildman–Crippen LogP) is 17.9. The van der Waals surface area contributed by atoms with Crippen molar-refractivity contribution in [1.29, 1.82) is 0 Å². The van der Waals surface area contributed by atoms with Crippen molar-refractivity contribution >= 4 is 67.1 Å². The monoisotopic (exact) mass is 902 g/mol. The summed E-state index contributed by atoms with van der Waals surface area (Å²) in [4.78, 5) is 0. The first-order valence-electron chi connectivity index (χ1n) is 22.5. The predicted molar refractivity (Wildman–Crippen MR) is 278 cm³/mol. The second-order valence-electron chi connectivity index (χ2n) is 20.4. The second kappa shape index (κ2) is 14.2. The van der Waals surface area contributed by atoms with E-state index in [2.05, 4.69) is 139 Å². The van der Waals surface area contributed by atoms with E-state index in [4.69, 9.17) is 32.0 Å². The minimum absolute atomic E-state index is 0. The van der Waals surface area contributed by atoms with Gasteiger partial charge in [-0.15, -0.1) is 0 Å². The fourth-order valence-electron chi connectivity index (χ4n) is 11.7. The summed E-state index contributed by atoms with van der Waals surface area (Å²) in [5.41, 5.74) is 21.2. The lowest BCUT2D eigenvalue weighted by Crippen LogP contribution is -2.17. The Hall–Kier alpha value is -6.10. The summed E-state index contributed by atoms with van der Waals surface area (Å²) < 4.78 is 12.4. The molecule has 1 N–H and O–H groups in total. The van der Waals surface area contributed by atoms with E-state index in [-0.39, 0.29) is 23.7 Å². The molecule has 66 heavy (non-hydrogen) atoms. The number of hydrogen-bond acceptors (Lipinski definition) is 3. The van der Waals surface area contributed by atoms with Gasteiger partial charge in [-0.3, -0.25) is 0 Å². The molecule has 0 spiro atoms. The molecule has 0 amide bonds. The molecule has 3 aliphatic carbocycles. The number of furan rings is 2. The molecule has 8 aromatic carbocycles. The van der Waals surface area contributed by atoms with Crippen LogP contribution < -0.4 is 0 Å². The van der Waals surface area contributed by atoms with Crippen LogP contribution in [0.25, 0.3) is 88.4 Å². The maximum atomic E-state index is 10.8. The van der Waals surface area contributed by atoms with Crippen LogP contribution in [-0.4, -0.2) is 5.11 Å². The van der Waals surface area contributed by atoms with Crippen molar-refractivity contribution in [2.24, 2.45) is 0 Å². The highest BCUT2D eigenvalue weighted by atomic mass is 35.5. The van der Waals surface area contributed by atoms with E-state index in [9.17, 15) is 5.11 Å². The van der Waals surface area contributed by atoms with Gasteiger partial charge in [-0.2, -0.15) is 0 Å². The van der Waals surface area contributed by atoms with Crippen molar-refractivity contribution in [2.75, 3.05) is 0 Å². The normalized spacial score (nSPS) is 15.4. The molecule has 0 saturated carbocycles. The summed E-state index contributed by atoms with van der Waals surface area (Å²) in [7, 11) is 0. The lowest BCUT2D eigenvalue weighted by molar-refractivity contribution is 0.0792. The van der Waals surface area contributed by atoms with E-state index < -0.39 is 5.60 Å². The number of benzene rings is 8. The van der Waals surface area contributed by atoms with Gasteiger partial charge < -0.3 is 13.9 Å². The number of rotatable bonds is 2. The Morgan fingerprint density at radius 3 is 1.47 bits per heavy atom. The molecule has 0 radical (unpaired) electrons. The molecule has 0 atom stereocenters. The van der Waals surface area contributed by atoms with Crippen LogP contribution in [0, 0.1) is 0 Å². The SMILES string of the molecule is C.CC(C)(O)c1cc(Cl)ccc1-c1ccc2c(c1)C(C)(C)c1ccc3oc4ccccc4c3c1-2.CC1(C)c2cc(Cl)ccc2-c2cc3c(cc21)-c1c(ccc2oc4ccccc4c12)C3(C)C. The summed E-state index contributed by atoms with van der Waals surface area (Å²) >= 11 is 12.7. The highest BCUT2D eigenvalue weighted by Crippen LogP contribution is 2.59. The van der Waals surface area contributed by atoms with Gasteiger partial charge in [0.2, 0.25) is 0 Å². The van der Waals surface area contributed by atoms with Crippen molar-refractivity contribution in [2.45, 2.75) is 84.7 Å². The molecule has 3 aliphatic rings. The molecule has 0 fully saturated rings. The maximum Gasteiger partial charge on any atom is 0.136 e. The molecule has 3 nitrogen and oxygen atoms in total. The van der Waals surface area contributed by atoms with E-state index in [0.717, 1.165) is 49.4 Å². The number of aliphatic hydroxyl groups is 1. The third-order valence-corrected chi connectivity index (χ3v) is 15.5. The van der Waals surface area contributed by atoms with Crippen LogP contribution in [0.2, 0.25) is 10.0 Å². The lowest BCUT2D eigenvalue weighted by Gasteiger charge is -2.24. The smallest absolute Gasteiger partial charge is 0.136 e. The zero-order valence-electron chi connectivity index (χ0n) is 37.8. The van der Waals surface area contributed by atoms with E-state index in [1.807, 2.05) is 42.5 Å². The molecule has 2 heterocycles. The first kappa shape index (κ1) is 42.5. The van der Waals surface area contributed by atoms with Gasteiger partial charge in [0.1, 0.15) is 22.3 Å². The summed E-state index contributed by atoms with van der Waals surface area (Å²) in [6.45, 7) is 17.5. The topological polar surface area (TPSA) is 46.5 Å². The van der Waals surface area contributed by atoms with Gasteiger partial charge in [0, 0.05) is 47.8 Å². The van der Waals surface area contributed by atoms with Gasteiger partial charge in [-0.25, -0.2) is 0 Å². The molecule has 0 aliphatic heterocycles. The quantitative estimate of drug-likeness (QED) is 0.188. The average molecular weight is 904 g/mol. The molecular formula is C61H52Cl2O3. The van der Waals surface area contributed by atoms with Gasteiger partial charge in [0.25, 0.3) is 0 Å². The first-order chi connectivity index (χ1) is 30.9. The summed E-state index contributed by atoms with van der Waals surface area (Å²) in [5.74, 6) is 0. The van der Waals surface area contributed by atoms with E-state index in [1.54, 1.807) is 13.8 Å². The van der Waals surface area contributed by atoms with Crippen LogP contribution in [0.4, 0.5) is 0 Å². The van der Waals surface area contributed by atoms with Crippen molar-refractivity contribution in [3.05, 3.63) is 189 Å². The Morgan fingerprint density at radius 1 is 0.424 bits per heavy atom. The van der Waals surface area contributed by atoms with Crippen LogP contribution >= 0.6 is 23.2 Å². The average Bonchev–Trinajstić information content (AvgIpc) is 4.02. The molecule has 2 aromatic heterocycles. The van der Waals surface area contributed by atoms with Gasteiger partial charge in [-0.1, -0.05) is 145 Å². The molecule has 10 aromatic rings. The fourth-order valence-corrected chi connectivity index (χ4v) is 12.1. The Morgan fingerprint density at radius 2 is 0.879 bits per heavy atom. The molecule has 328 valence electrons. The van der Waals surface area contributed by atoms with Gasteiger partial charge >= 0.3 is 0 Å². The number of hydrogen-bond donors (Lipinski definition) is 1. The Labute approximate surface area is 396 Å². The van der Waals surface area contributed by atoms with Crippen molar-refractivity contribution in [3.63, 3.8) is 0 Å². The Balaban J connectivity index is 0.000000144. The Bertz CT molecular complexity index is 3700. The first-order valence-corrected chi connectivity index (χ1v) is 23.3. The van der Waals surface area contributed by atoms with Gasteiger partial charge in [-0.05, 0) is 164 Å². The third kappa shape index (κ3) is 5.86. The van der Waals surface area contributed by atoms with Crippen LogP contribution in [0.5, 0.6) is 0 Å². The van der Waals surface area contributed by atoms with E-state index >= 15 is 0 Å².